The first-order valence-corrected chi connectivity index (χ1v) is 8.44. The van der Waals surface area contributed by atoms with Crippen molar-refractivity contribution in [1.82, 2.24) is 0 Å². The van der Waals surface area contributed by atoms with E-state index in [0.29, 0.717) is 0 Å². The molecule has 0 spiro atoms. The molecule has 0 radical (unpaired) electrons. The lowest BCUT2D eigenvalue weighted by atomic mass is 10.2. The van der Waals surface area contributed by atoms with E-state index in [0.717, 1.165) is 22.7 Å². The van der Waals surface area contributed by atoms with Crippen molar-refractivity contribution in [1.29, 1.82) is 0 Å². The van der Waals surface area contributed by atoms with Crippen molar-refractivity contribution in [3.63, 3.8) is 0 Å². The van der Waals surface area contributed by atoms with Gasteiger partial charge in [0.15, 0.2) is 0 Å². The molecule has 0 atom stereocenters. The number of rotatable bonds is 7. The molecular weight excluding hydrogens is 280 g/mol. The van der Waals surface area contributed by atoms with Crippen molar-refractivity contribution in [2.45, 2.75) is 9.79 Å². The van der Waals surface area contributed by atoms with Gasteiger partial charge in [-0.05, 0) is 35.4 Å². The van der Waals surface area contributed by atoms with Crippen LogP contribution in [0.4, 0.5) is 0 Å². The average Bonchev–Trinajstić information content (AvgIpc) is 2.52. The summed E-state index contributed by atoms with van der Waals surface area (Å²) >= 11 is 3.62. The van der Waals surface area contributed by atoms with Crippen LogP contribution in [-0.2, 0) is 0 Å². The first kappa shape index (κ1) is 15.0. The Kier molecular flexibility index (Phi) is 6.03. The van der Waals surface area contributed by atoms with Gasteiger partial charge in [0.05, 0.1) is 0 Å². The molecule has 2 rings (SSSR count). The first-order valence-electron chi connectivity index (χ1n) is 6.47. The van der Waals surface area contributed by atoms with Crippen LogP contribution < -0.4 is 0 Å². The molecule has 0 aromatic heterocycles. The van der Waals surface area contributed by atoms with Gasteiger partial charge in [-0.1, -0.05) is 49.6 Å². The van der Waals surface area contributed by atoms with Gasteiger partial charge >= 0.3 is 0 Å². The van der Waals surface area contributed by atoms with Gasteiger partial charge in [-0.25, -0.2) is 0 Å². The Morgan fingerprint density at radius 1 is 0.650 bits per heavy atom. The zero-order valence-electron chi connectivity index (χ0n) is 11.4. The minimum Gasteiger partial charge on any atom is -0.121 e. The van der Waals surface area contributed by atoms with Gasteiger partial charge in [0.25, 0.3) is 0 Å². The second-order valence-electron chi connectivity index (χ2n) is 4.41. The summed E-state index contributed by atoms with van der Waals surface area (Å²) in [4.78, 5) is 2.55. The molecular formula is C18H18S2. The van der Waals surface area contributed by atoms with E-state index >= 15 is 0 Å². The minimum absolute atomic E-state index is 0.901. The maximum absolute atomic E-state index is 4.15. The number of hydrogen-bond donors (Lipinski definition) is 0. The van der Waals surface area contributed by atoms with Crippen molar-refractivity contribution >= 4 is 23.5 Å². The fraction of sp³-hybridized carbons (Fsp3) is 0.111. The van der Waals surface area contributed by atoms with Crippen molar-refractivity contribution in [3.8, 4) is 0 Å². The molecule has 20 heavy (non-hydrogen) atoms. The summed E-state index contributed by atoms with van der Waals surface area (Å²) in [5.74, 6) is 1.80. The Bertz CT molecular complexity index is 505. The zero-order valence-corrected chi connectivity index (χ0v) is 13.1. The largest absolute Gasteiger partial charge is 0.121 e. The van der Waals surface area contributed by atoms with Crippen LogP contribution in [0.15, 0.2) is 94.8 Å². The average molecular weight is 298 g/mol. The lowest BCUT2D eigenvalue weighted by molar-refractivity contribution is 1.37. The third-order valence-electron chi connectivity index (χ3n) is 2.81. The van der Waals surface area contributed by atoms with Crippen LogP contribution in [-0.4, -0.2) is 11.5 Å². The lowest BCUT2D eigenvalue weighted by Crippen LogP contribution is -1.93. The molecule has 0 aliphatic carbocycles. The quantitative estimate of drug-likeness (QED) is 0.476. The zero-order chi connectivity index (χ0) is 14.2. The molecule has 0 aliphatic heterocycles. The summed E-state index contributed by atoms with van der Waals surface area (Å²) in [5, 5.41) is 0. The molecule has 0 heterocycles. The van der Waals surface area contributed by atoms with E-state index in [4.69, 9.17) is 0 Å². The molecule has 0 amide bonds. The lowest BCUT2D eigenvalue weighted by Gasteiger charge is -2.09. The standard InChI is InChI=1S/C18H18S2/c1-15(13-19-17-9-5-3-6-10-17)16(2)14-20-18-11-7-4-8-12-18/h3-12H,1-2,13-14H2. The smallest absolute Gasteiger partial charge is 0.0228 e. The molecule has 0 N–H and O–H groups in total. The van der Waals surface area contributed by atoms with Crippen LogP contribution in [0.3, 0.4) is 0 Å². The topological polar surface area (TPSA) is 0 Å². The second kappa shape index (κ2) is 8.03. The van der Waals surface area contributed by atoms with E-state index in [1.165, 1.54) is 9.79 Å². The van der Waals surface area contributed by atoms with Crippen molar-refractivity contribution in [2.75, 3.05) is 11.5 Å². The SMILES string of the molecule is C=C(CSc1ccccc1)C(=C)CSc1ccccc1. The molecule has 0 saturated carbocycles. The molecule has 2 heteroatoms. The van der Waals surface area contributed by atoms with E-state index in [2.05, 4.69) is 61.7 Å². The van der Waals surface area contributed by atoms with Gasteiger partial charge in [-0.3, -0.25) is 0 Å². The van der Waals surface area contributed by atoms with Crippen LogP contribution in [0.5, 0.6) is 0 Å². The third-order valence-corrected chi connectivity index (χ3v) is 5.01. The van der Waals surface area contributed by atoms with Crippen LogP contribution in [0.2, 0.25) is 0 Å². The van der Waals surface area contributed by atoms with Crippen LogP contribution >= 0.6 is 23.5 Å². The summed E-state index contributed by atoms with van der Waals surface area (Å²) in [6.07, 6.45) is 0. The van der Waals surface area contributed by atoms with Gasteiger partial charge < -0.3 is 0 Å². The number of benzene rings is 2. The fourth-order valence-electron chi connectivity index (χ4n) is 1.58. The Morgan fingerprint density at radius 3 is 1.35 bits per heavy atom. The molecule has 2 aromatic carbocycles. The molecule has 0 unspecified atom stereocenters. The Morgan fingerprint density at radius 2 is 1.00 bits per heavy atom. The van der Waals surface area contributed by atoms with E-state index in [-0.39, 0.29) is 0 Å². The Labute approximate surface area is 130 Å². The molecule has 2 aromatic rings. The first-order chi connectivity index (χ1) is 9.75. The Balaban J connectivity index is 1.76. The Hall–Kier alpha value is -1.38. The maximum atomic E-state index is 4.15. The summed E-state index contributed by atoms with van der Waals surface area (Å²) in [7, 11) is 0. The van der Waals surface area contributed by atoms with Crippen molar-refractivity contribution < 1.29 is 0 Å². The molecule has 0 fully saturated rings. The summed E-state index contributed by atoms with van der Waals surface area (Å²) in [5.41, 5.74) is 2.25. The predicted molar refractivity (Wildman–Crippen MR) is 92.6 cm³/mol. The van der Waals surface area contributed by atoms with Gasteiger partial charge in [0.1, 0.15) is 0 Å². The fourth-order valence-corrected chi connectivity index (χ4v) is 3.37. The number of hydrogen-bond acceptors (Lipinski definition) is 2. The van der Waals surface area contributed by atoms with Crippen LogP contribution in [0, 0.1) is 0 Å². The second-order valence-corrected chi connectivity index (χ2v) is 6.51. The van der Waals surface area contributed by atoms with E-state index < -0.39 is 0 Å². The van der Waals surface area contributed by atoms with Gasteiger partial charge in [-0.2, -0.15) is 0 Å². The van der Waals surface area contributed by atoms with Gasteiger partial charge in [-0.15, -0.1) is 23.5 Å². The van der Waals surface area contributed by atoms with Crippen LogP contribution in [0.1, 0.15) is 0 Å². The molecule has 0 bridgehead atoms. The predicted octanol–water partition coefficient (Wildman–Crippen LogP) is 5.68. The molecule has 0 nitrogen and oxygen atoms in total. The highest BCUT2D eigenvalue weighted by molar-refractivity contribution is 8.00. The summed E-state index contributed by atoms with van der Waals surface area (Å²) in [6.45, 7) is 8.30. The van der Waals surface area contributed by atoms with E-state index in [1.807, 2.05) is 35.7 Å². The normalized spacial score (nSPS) is 10.2. The minimum atomic E-state index is 0.901. The van der Waals surface area contributed by atoms with Crippen molar-refractivity contribution in [2.24, 2.45) is 0 Å². The monoisotopic (exact) mass is 298 g/mol. The highest BCUT2D eigenvalue weighted by atomic mass is 32.2. The van der Waals surface area contributed by atoms with Gasteiger partial charge in [0, 0.05) is 21.3 Å². The van der Waals surface area contributed by atoms with E-state index in [1.54, 1.807) is 0 Å². The summed E-state index contributed by atoms with van der Waals surface area (Å²) in [6, 6.07) is 20.8. The summed E-state index contributed by atoms with van der Waals surface area (Å²) < 4.78 is 0. The molecule has 0 saturated heterocycles. The van der Waals surface area contributed by atoms with Crippen molar-refractivity contribution in [3.05, 3.63) is 85.0 Å². The van der Waals surface area contributed by atoms with Gasteiger partial charge in [0.2, 0.25) is 0 Å². The van der Waals surface area contributed by atoms with Crippen LogP contribution in [0.25, 0.3) is 0 Å². The maximum Gasteiger partial charge on any atom is 0.0228 e. The molecule has 102 valence electrons. The highest BCUT2D eigenvalue weighted by Gasteiger charge is 2.03. The molecule has 0 aliphatic rings. The van der Waals surface area contributed by atoms with E-state index in [9.17, 15) is 0 Å². The highest BCUT2D eigenvalue weighted by Crippen LogP contribution is 2.26. The third kappa shape index (κ3) is 4.95. The number of thioether (sulfide) groups is 2.